The Balaban J connectivity index is 1.31. The number of likely N-dealkylation sites (tertiary alicyclic amines) is 1. The highest BCUT2D eigenvalue weighted by Gasteiger charge is 2.37. The van der Waals surface area contributed by atoms with Crippen LogP contribution in [0.15, 0.2) is 48.5 Å². The van der Waals surface area contributed by atoms with Gasteiger partial charge in [-0.15, -0.1) is 0 Å². The van der Waals surface area contributed by atoms with Crippen molar-refractivity contribution in [2.24, 2.45) is 0 Å². The monoisotopic (exact) mass is 425 g/mol. The smallest absolute Gasteiger partial charge is 0.262 e. The first-order valence-corrected chi connectivity index (χ1v) is 10.1. The summed E-state index contributed by atoms with van der Waals surface area (Å²) >= 11 is 6.07. The summed E-state index contributed by atoms with van der Waals surface area (Å²) in [6.07, 6.45) is 1.17. The van der Waals surface area contributed by atoms with Gasteiger partial charge in [0.25, 0.3) is 17.7 Å². The summed E-state index contributed by atoms with van der Waals surface area (Å²) < 4.78 is 0. The Labute approximate surface area is 178 Å². The molecule has 0 aliphatic carbocycles. The lowest BCUT2D eigenvalue weighted by Gasteiger charge is -2.33. The molecule has 7 nitrogen and oxygen atoms in total. The number of piperidine rings is 1. The number of amides is 4. The van der Waals surface area contributed by atoms with Crippen LogP contribution in [-0.2, 0) is 4.79 Å². The van der Waals surface area contributed by atoms with Crippen molar-refractivity contribution < 1.29 is 19.2 Å². The van der Waals surface area contributed by atoms with Gasteiger partial charge in [-0.05, 0) is 37.1 Å². The predicted octanol–water partition coefficient (Wildman–Crippen LogP) is 2.36. The SMILES string of the molecule is O=C(NC1CCN(C(=O)CN2C(=O)c3ccccc3C2=O)CC1)c1ccccc1Cl. The van der Waals surface area contributed by atoms with Gasteiger partial charge in [0.1, 0.15) is 6.54 Å². The number of nitrogens with zero attached hydrogens (tertiary/aromatic N) is 2. The van der Waals surface area contributed by atoms with Crippen molar-refractivity contribution in [3.8, 4) is 0 Å². The minimum atomic E-state index is -0.439. The molecule has 1 N–H and O–H groups in total. The van der Waals surface area contributed by atoms with Crippen LogP contribution < -0.4 is 5.32 Å². The topological polar surface area (TPSA) is 86.8 Å². The van der Waals surface area contributed by atoms with Crippen LogP contribution in [0.25, 0.3) is 0 Å². The second kappa shape index (κ2) is 8.28. The van der Waals surface area contributed by atoms with E-state index in [0.717, 1.165) is 4.90 Å². The summed E-state index contributed by atoms with van der Waals surface area (Å²) in [7, 11) is 0. The Bertz CT molecular complexity index is 996. The van der Waals surface area contributed by atoms with Gasteiger partial charge in [-0.3, -0.25) is 24.1 Å². The molecule has 0 saturated carbocycles. The van der Waals surface area contributed by atoms with E-state index in [1.807, 2.05) is 0 Å². The molecule has 0 atom stereocenters. The van der Waals surface area contributed by atoms with Gasteiger partial charge < -0.3 is 10.2 Å². The van der Waals surface area contributed by atoms with Crippen molar-refractivity contribution in [2.75, 3.05) is 19.6 Å². The first kappa shape index (κ1) is 20.1. The molecule has 30 heavy (non-hydrogen) atoms. The molecule has 2 heterocycles. The molecule has 0 unspecified atom stereocenters. The van der Waals surface area contributed by atoms with E-state index in [4.69, 9.17) is 11.6 Å². The number of fused-ring (bicyclic) bond motifs is 1. The number of carbonyl (C=O) groups is 4. The van der Waals surface area contributed by atoms with E-state index in [2.05, 4.69) is 5.32 Å². The zero-order valence-electron chi connectivity index (χ0n) is 16.1. The van der Waals surface area contributed by atoms with Crippen LogP contribution in [0.1, 0.15) is 43.9 Å². The molecule has 4 rings (SSSR count). The number of halogens is 1. The molecule has 0 spiro atoms. The van der Waals surface area contributed by atoms with Crippen LogP contribution in [0.4, 0.5) is 0 Å². The average molecular weight is 426 g/mol. The van der Waals surface area contributed by atoms with Gasteiger partial charge in [-0.2, -0.15) is 0 Å². The number of benzene rings is 2. The highest BCUT2D eigenvalue weighted by molar-refractivity contribution is 6.33. The third-order valence-electron chi connectivity index (χ3n) is 5.47. The number of carbonyl (C=O) groups excluding carboxylic acids is 4. The first-order valence-electron chi connectivity index (χ1n) is 9.74. The zero-order chi connectivity index (χ0) is 21.3. The third-order valence-corrected chi connectivity index (χ3v) is 5.80. The normalized spacial score (nSPS) is 16.6. The van der Waals surface area contributed by atoms with E-state index in [1.165, 1.54) is 0 Å². The second-order valence-corrected chi connectivity index (χ2v) is 7.76. The fourth-order valence-corrected chi connectivity index (χ4v) is 4.02. The van der Waals surface area contributed by atoms with E-state index in [0.29, 0.717) is 47.6 Å². The minimum absolute atomic E-state index is 0.0721. The number of imide groups is 1. The Morgan fingerprint density at radius 2 is 1.50 bits per heavy atom. The number of rotatable bonds is 4. The fourth-order valence-electron chi connectivity index (χ4n) is 3.80. The molecular formula is C22H20ClN3O4. The quantitative estimate of drug-likeness (QED) is 0.762. The van der Waals surface area contributed by atoms with Crippen molar-refractivity contribution >= 4 is 35.2 Å². The van der Waals surface area contributed by atoms with Gasteiger partial charge >= 0.3 is 0 Å². The Kier molecular flexibility index (Phi) is 5.55. The van der Waals surface area contributed by atoms with Gasteiger partial charge in [0.15, 0.2) is 0 Å². The Morgan fingerprint density at radius 1 is 0.933 bits per heavy atom. The number of nitrogens with one attached hydrogen (secondary N) is 1. The maximum Gasteiger partial charge on any atom is 0.262 e. The van der Waals surface area contributed by atoms with Crippen LogP contribution in [-0.4, -0.2) is 59.1 Å². The van der Waals surface area contributed by atoms with Crippen molar-refractivity contribution in [1.29, 1.82) is 0 Å². The van der Waals surface area contributed by atoms with Crippen LogP contribution >= 0.6 is 11.6 Å². The van der Waals surface area contributed by atoms with E-state index in [1.54, 1.807) is 53.4 Å². The van der Waals surface area contributed by atoms with Crippen LogP contribution in [0.3, 0.4) is 0 Å². The molecule has 4 amide bonds. The van der Waals surface area contributed by atoms with Crippen molar-refractivity contribution in [3.05, 3.63) is 70.2 Å². The molecular weight excluding hydrogens is 406 g/mol. The molecule has 2 aliphatic rings. The van der Waals surface area contributed by atoms with Gasteiger partial charge in [0, 0.05) is 19.1 Å². The lowest BCUT2D eigenvalue weighted by Crippen LogP contribution is -2.49. The van der Waals surface area contributed by atoms with Gasteiger partial charge in [-0.1, -0.05) is 35.9 Å². The van der Waals surface area contributed by atoms with E-state index in [9.17, 15) is 19.2 Å². The second-order valence-electron chi connectivity index (χ2n) is 7.35. The van der Waals surface area contributed by atoms with Crippen molar-refractivity contribution in [3.63, 3.8) is 0 Å². The summed E-state index contributed by atoms with van der Waals surface area (Å²) in [4.78, 5) is 52.6. The maximum absolute atomic E-state index is 12.7. The van der Waals surface area contributed by atoms with Crippen LogP contribution in [0, 0.1) is 0 Å². The van der Waals surface area contributed by atoms with Gasteiger partial charge in [0.05, 0.1) is 21.7 Å². The molecule has 1 saturated heterocycles. The third kappa shape index (κ3) is 3.80. The highest BCUT2D eigenvalue weighted by Crippen LogP contribution is 2.23. The minimum Gasteiger partial charge on any atom is -0.349 e. The molecule has 0 radical (unpaired) electrons. The highest BCUT2D eigenvalue weighted by atomic mass is 35.5. The number of hydrogen-bond donors (Lipinski definition) is 1. The van der Waals surface area contributed by atoms with Gasteiger partial charge in [0.2, 0.25) is 5.91 Å². The fraction of sp³-hybridized carbons (Fsp3) is 0.273. The number of hydrogen-bond acceptors (Lipinski definition) is 4. The first-order chi connectivity index (χ1) is 14.5. The largest absolute Gasteiger partial charge is 0.349 e. The van der Waals surface area contributed by atoms with Crippen molar-refractivity contribution in [2.45, 2.75) is 18.9 Å². The van der Waals surface area contributed by atoms with E-state index >= 15 is 0 Å². The van der Waals surface area contributed by atoms with Crippen LogP contribution in [0.5, 0.6) is 0 Å². The predicted molar refractivity (Wildman–Crippen MR) is 110 cm³/mol. The van der Waals surface area contributed by atoms with E-state index < -0.39 is 11.8 Å². The lowest BCUT2D eigenvalue weighted by atomic mass is 10.0. The average Bonchev–Trinajstić information content (AvgIpc) is 2.99. The Morgan fingerprint density at radius 3 is 2.10 bits per heavy atom. The maximum atomic E-state index is 12.7. The Hall–Kier alpha value is -3.19. The van der Waals surface area contributed by atoms with Crippen molar-refractivity contribution in [1.82, 2.24) is 15.1 Å². The summed E-state index contributed by atoms with van der Waals surface area (Å²) in [5, 5.41) is 3.35. The molecule has 2 aromatic carbocycles. The summed E-state index contributed by atoms with van der Waals surface area (Å²) in [5.41, 5.74) is 1.08. The standard InChI is InChI=1S/C22H20ClN3O4/c23-18-8-4-3-7-17(18)20(28)24-14-9-11-25(12-10-14)19(27)13-26-21(29)15-5-1-2-6-16(15)22(26)30/h1-8,14H,9-13H2,(H,24,28). The molecule has 0 aromatic heterocycles. The molecule has 8 heteroatoms. The summed E-state index contributed by atoms with van der Waals surface area (Å²) in [5.74, 6) is -1.39. The molecule has 0 bridgehead atoms. The van der Waals surface area contributed by atoms with E-state index in [-0.39, 0.29) is 24.4 Å². The zero-order valence-corrected chi connectivity index (χ0v) is 16.9. The lowest BCUT2D eigenvalue weighted by molar-refractivity contribution is -0.132. The summed E-state index contributed by atoms with van der Waals surface area (Å²) in [6.45, 7) is 0.605. The molecule has 2 aliphatic heterocycles. The summed E-state index contributed by atoms with van der Waals surface area (Å²) in [6, 6.07) is 13.3. The van der Waals surface area contributed by atoms with Gasteiger partial charge in [-0.25, -0.2) is 0 Å². The molecule has 154 valence electrons. The molecule has 2 aromatic rings. The molecule has 1 fully saturated rings. The van der Waals surface area contributed by atoms with Crippen LogP contribution in [0.2, 0.25) is 5.02 Å².